The van der Waals surface area contributed by atoms with Gasteiger partial charge in [-0.15, -0.1) is 5.10 Å². The molecule has 5 nitrogen and oxygen atoms in total. The largest absolute Gasteiger partial charge is 0.377 e. The number of ether oxygens (including phenoxy) is 1. The molecular weight excluding hydrogens is 204 g/mol. The maximum Gasteiger partial charge on any atom is 0.0738 e. The summed E-state index contributed by atoms with van der Waals surface area (Å²) in [5.41, 5.74) is 1.11. The average molecular weight is 224 g/mol. The molecule has 0 aliphatic carbocycles. The summed E-state index contributed by atoms with van der Waals surface area (Å²) in [6.45, 7) is 3.92. The highest BCUT2D eigenvalue weighted by Gasteiger charge is 2.24. The summed E-state index contributed by atoms with van der Waals surface area (Å²) < 4.78 is 7.51. The van der Waals surface area contributed by atoms with Crippen LogP contribution in [0.1, 0.15) is 31.9 Å². The van der Waals surface area contributed by atoms with Gasteiger partial charge >= 0.3 is 0 Å². The molecule has 1 fully saturated rings. The van der Waals surface area contributed by atoms with Crippen molar-refractivity contribution in [2.24, 2.45) is 7.05 Å². The Balaban J connectivity index is 1.85. The van der Waals surface area contributed by atoms with Gasteiger partial charge in [-0.25, -0.2) is 0 Å². The summed E-state index contributed by atoms with van der Waals surface area (Å²) >= 11 is 0. The van der Waals surface area contributed by atoms with Crippen molar-refractivity contribution >= 4 is 0 Å². The second-order valence-corrected chi connectivity index (χ2v) is 4.30. The zero-order valence-corrected chi connectivity index (χ0v) is 10.0. The molecule has 2 unspecified atom stereocenters. The maximum atomic E-state index is 5.71. The van der Waals surface area contributed by atoms with Crippen molar-refractivity contribution < 1.29 is 4.74 Å². The molecule has 1 saturated heterocycles. The zero-order chi connectivity index (χ0) is 11.4. The number of aryl methyl sites for hydroxylation is 1. The van der Waals surface area contributed by atoms with E-state index < -0.39 is 0 Å². The monoisotopic (exact) mass is 224 g/mol. The fraction of sp³-hybridized carbons (Fsp3) is 0.818. The Bertz CT molecular complexity index is 320. The standard InChI is InChI=1S/C11H20N4O/c1-3-10(11-5-4-6-16-11)12-7-9-8-13-14-15(9)2/h8,10-12H,3-7H2,1-2H3. The second-order valence-electron chi connectivity index (χ2n) is 4.30. The van der Waals surface area contributed by atoms with Gasteiger partial charge in [0, 0.05) is 26.2 Å². The van der Waals surface area contributed by atoms with Gasteiger partial charge in [-0.2, -0.15) is 0 Å². The Kier molecular flexibility index (Phi) is 3.90. The SMILES string of the molecule is CCC(NCc1cnnn1C)C1CCCO1. The van der Waals surface area contributed by atoms with Gasteiger partial charge in [-0.3, -0.25) is 4.68 Å². The molecule has 1 aromatic heterocycles. The van der Waals surface area contributed by atoms with Crippen LogP contribution in [0.15, 0.2) is 6.20 Å². The summed E-state index contributed by atoms with van der Waals surface area (Å²) in [5.74, 6) is 0. The Hall–Kier alpha value is -0.940. The first kappa shape index (κ1) is 11.5. The van der Waals surface area contributed by atoms with E-state index in [2.05, 4.69) is 22.6 Å². The van der Waals surface area contributed by atoms with E-state index in [4.69, 9.17) is 4.74 Å². The smallest absolute Gasteiger partial charge is 0.0738 e. The van der Waals surface area contributed by atoms with Crippen molar-refractivity contribution in [3.63, 3.8) is 0 Å². The van der Waals surface area contributed by atoms with Gasteiger partial charge in [-0.1, -0.05) is 12.1 Å². The third kappa shape index (κ3) is 2.59. The molecule has 0 aromatic carbocycles. The normalized spacial score (nSPS) is 22.5. The maximum absolute atomic E-state index is 5.71. The predicted molar refractivity (Wildman–Crippen MR) is 60.9 cm³/mol. The molecule has 2 rings (SSSR count). The van der Waals surface area contributed by atoms with Crippen molar-refractivity contribution in [2.45, 2.75) is 44.9 Å². The summed E-state index contributed by atoms with van der Waals surface area (Å²) in [6, 6.07) is 0.442. The molecule has 1 aliphatic heterocycles. The van der Waals surface area contributed by atoms with E-state index in [1.807, 2.05) is 7.05 Å². The highest BCUT2D eigenvalue weighted by atomic mass is 16.5. The molecule has 0 amide bonds. The third-order valence-electron chi connectivity index (χ3n) is 3.21. The summed E-state index contributed by atoms with van der Waals surface area (Å²) in [4.78, 5) is 0. The van der Waals surface area contributed by atoms with Crippen LogP contribution < -0.4 is 5.32 Å². The van der Waals surface area contributed by atoms with Gasteiger partial charge in [0.15, 0.2) is 0 Å². The molecule has 90 valence electrons. The molecule has 2 heterocycles. The van der Waals surface area contributed by atoms with Crippen molar-refractivity contribution in [1.82, 2.24) is 20.3 Å². The van der Waals surface area contributed by atoms with Crippen LogP contribution in [0.25, 0.3) is 0 Å². The topological polar surface area (TPSA) is 52.0 Å². The molecule has 5 heteroatoms. The van der Waals surface area contributed by atoms with E-state index in [1.165, 1.54) is 12.8 Å². The van der Waals surface area contributed by atoms with Crippen LogP contribution in [-0.4, -0.2) is 33.7 Å². The quantitative estimate of drug-likeness (QED) is 0.806. The Labute approximate surface area is 96.2 Å². The van der Waals surface area contributed by atoms with Gasteiger partial charge in [0.05, 0.1) is 18.0 Å². The number of rotatable bonds is 5. The highest BCUT2D eigenvalue weighted by Crippen LogP contribution is 2.17. The number of aromatic nitrogens is 3. The minimum absolute atomic E-state index is 0.381. The Morgan fingerprint density at radius 3 is 3.12 bits per heavy atom. The van der Waals surface area contributed by atoms with Gasteiger partial charge in [0.2, 0.25) is 0 Å². The lowest BCUT2D eigenvalue weighted by Gasteiger charge is -2.22. The van der Waals surface area contributed by atoms with E-state index in [0.29, 0.717) is 12.1 Å². The van der Waals surface area contributed by atoms with Gasteiger partial charge in [0.25, 0.3) is 0 Å². The van der Waals surface area contributed by atoms with Crippen LogP contribution in [0.2, 0.25) is 0 Å². The van der Waals surface area contributed by atoms with Gasteiger partial charge < -0.3 is 10.1 Å². The molecule has 2 atom stereocenters. The van der Waals surface area contributed by atoms with Gasteiger partial charge in [0.1, 0.15) is 0 Å². The molecule has 1 aliphatic rings. The van der Waals surface area contributed by atoms with Crippen LogP contribution in [0, 0.1) is 0 Å². The third-order valence-corrected chi connectivity index (χ3v) is 3.21. The second kappa shape index (κ2) is 5.41. The minimum atomic E-state index is 0.381. The number of hydrogen-bond acceptors (Lipinski definition) is 4. The molecule has 0 spiro atoms. The van der Waals surface area contributed by atoms with Crippen LogP contribution in [0.5, 0.6) is 0 Å². The van der Waals surface area contributed by atoms with Crippen LogP contribution in [-0.2, 0) is 18.3 Å². The molecular formula is C11H20N4O. The van der Waals surface area contributed by atoms with Crippen molar-refractivity contribution in [1.29, 1.82) is 0 Å². The first-order chi connectivity index (χ1) is 7.81. The molecule has 1 aromatic rings. The molecule has 1 N–H and O–H groups in total. The first-order valence-electron chi connectivity index (χ1n) is 5.99. The van der Waals surface area contributed by atoms with Crippen molar-refractivity contribution in [3.8, 4) is 0 Å². The Morgan fingerprint density at radius 2 is 2.56 bits per heavy atom. The predicted octanol–water partition coefficient (Wildman–Crippen LogP) is 0.862. The Morgan fingerprint density at radius 1 is 1.69 bits per heavy atom. The van der Waals surface area contributed by atoms with E-state index >= 15 is 0 Å². The fourth-order valence-electron chi connectivity index (χ4n) is 2.17. The van der Waals surface area contributed by atoms with Gasteiger partial charge in [-0.05, 0) is 19.3 Å². The lowest BCUT2D eigenvalue weighted by molar-refractivity contribution is 0.0762. The van der Waals surface area contributed by atoms with E-state index in [1.54, 1.807) is 10.9 Å². The summed E-state index contributed by atoms with van der Waals surface area (Å²) in [5, 5.41) is 11.3. The summed E-state index contributed by atoms with van der Waals surface area (Å²) in [7, 11) is 1.91. The number of hydrogen-bond donors (Lipinski definition) is 1. The lowest BCUT2D eigenvalue weighted by atomic mass is 10.1. The van der Waals surface area contributed by atoms with Crippen LogP contribution in [0.4, 0.5) is 0 Å². The van der Waals surface area contributed by atoms with E-state index in [-0.39, 0.29) is 0 Å². The molecule has 16 heavy (non-hydrogen) atoms. The fourth-order valence-corrected chi connectivity index (χ4v) is 2.17. The van der Waals surface area contributed by atoms with Crippen molar-refractivity contribution in [3.05, 3.63) is 11.9 Å². The lowest BCUT2D eigenvalue weighted by Crippen LogP contribution is -2.38. The first-order valence-corrected chi connectivity index (χ1v) is 5.99. The molecule has 0 radical (unpaired) electrons. The van der Waals surface area contributed by atoms with Crippen LogP contribution >= 0.6 is 0 Å². The number of nitrogens with zero attached hydrogens (tertiary/aromatic N) is 3. The summed E-state index contributed by atoms with van der Waals surface area (Å²) in [6.07, 6.45) is 5.64. The zero-order valence-electron chi connectivity index (χ0n) is 10.0. The average Bonchev–Trinajstić information content (AvgIpc) is 2.92. The highest BCUT2D eigenvalue weighted by molar-refractivity contribution is 4.93. The number of nitrogens with one attached hydrogen (secondary N) is 1. The molecule has 0 bridgehead atoms. The minimum Gasteiger partial charge on any atom is -0.377 e. The van der Waals surface area contributed by atoms with Crippen molar-refractivity contribution in [2.75, 3.05) is 6.61 Å². The van der Waals surface area contributed by atoms with Crippen LogP contribution in [0.3, 0.4) is 0 Å². The van der Waals surface area contributed by atoms with E-state index in [0.717, 1.165) is 25.3 Å². The molecule has 0 saturated carbocycles. The van der Waals surface area contributed by atoms with E-state index in [9.17, 15) is 0 Å².